The first-order valence-corrected chi connectivity index (χ1v) is 8.76. The van der Waals surface area contributed by atoms with Gasteiger partial charge in [-0.3, -0.25) is 19.6 Å². The molecule has 0 unspecified atom stereocenters. The van der Waals surface area contributed by atoms with Crippen molar-refractivity contribution < 1.29 is 19.1 Å². The van der Waals surface area contributed by atoms with Crippen molar-refractivity contribution in [1.82, 2.24) is 15.3 Å². The maximum atomic E-state index is 12.6. The van der Waals surface area contributed by atoms with Gasteiger partial charge < -0.3 is 20.1 Å². The number of carbonyl (C=O) groups is 2. The van der Waals surface area contributed by atoms with Crippen LogP contribution in [0.1, 0.15) is 26.3 Å². The van der Waals surface area contributed by atoms with Crippen molar-refractivity contribution in [2.24, 2.45) is 0 Å². The van der Waals surface area contributed by atoms with Crippen LogP contribution in [-0.4, -0.2) is 36.0 Å². The lowest BCUT2D eigenvalue weighted by Gasteiger charge is -2.11. The molecule has 8 heteroatoms. The number of benzene rings is 1. The van der Waals surface area contributed by atoms with Gasteiger partial charge in [-0.05, 0) is 35.9 Å². The second kappa shape index (κ2) is 9.32. The van der Waals surface area contributed by atoms with Crippen molar-refractivity contribution in [3.8, 4) is 11.5 Å². The van der Waals surface area contributed by atoms with E-state index in [2.05, 4.69) is 20.6 Å². The fourth-order valence-corrected chi connectivity index (χ4v) is 2.59. The molecule has 0 saturated carbocycles. The second-order valence-corrected chi connectivity index (χ2v) is 6.02. The van der Waals surface area contributed by atoms with E-state index in [1.807, 2.05) is 12.1 Å². The lowest BCUT2D eigenvalue weighted by molar-refractivity contribution is 0.0950. The molecule has 29 heavy (non-hydrogen) atoms. The number of nitrogens with one attached hydrogen (secondary N) is 2. The first-order valence-electron chi connectivity index (χ1n) is 8.76. The molecule has 0 aliphatic heterocycles. The van der Waals surface area contributed by atoms with E-state index in [0.717, 1.165) is 5.56 Å². The summed E-state index contributed by atoms with van der Waals surface area (Å²) in [5.74, 6) is 0.330. The molecule has 148 valence electrons. The van der Waals surface area contributed by atoms with Gasteiger partial charge in [0.25, 0.3) is 11.8 Å². The Morgan fingerprint density at radius 3 is 2.24 bits per heavy atom. The van der Waals surface area contributed by atoms with Crippen LogP contribution in [0.5, 0.6) is 11.5 Å². The molecule has 2 amide bonds. The zero-order valence-electron chi connectivity index (χ0n) is 16.0. The number of anilines is 1. The fourth-order valence-electron chi connectivity index (χ4n) is 2.59. The average Bonchev–Trinajstić information content (AvgIpc) is 2.78. The van der Waals surface area contributed by atoms with Crippen LogP contribution in [0.4, 0.5) is 5.69 Å². The van der Waals surface area contributed by atoms with Crippen LogP contribution in [0.2, 0.25) is 0 Å². The minimum atomic E-state index is -0.395. The van der Waals surface area contributed by atoms with E-state index < -0.39 is 5.91 Å². The molecule has 0 aliphatic rings. The predicted molar refractivity (Wildman–Crippen MR) is 107 cm³/mol. The summed E-state index contributed by atoms with van der Waals surface area (Å²) in [5.41, 5.74) is 2.00. The molecule has 0 fully saturated rings. The van der Waals surface area contributed by atoms with E-state index in [1.54, 1.807) is 30.6 Å². The van der Waals surface area contributed by atoms with Crippen LogP contribution in [0.3, 0.4) is 0 Å². The van der Waals surface area contributed by atoms with Gasteiger partial charge in [0.15, 0.2) is 11.5 Å². The Balaban J connectivity index is 1.68. The number of hydrogen-bond acceptors (Lipinski definition) is 6. The topological polar surface area (TPSA) is 102 Å². The molecule has 3 aromatic rings. The van der Waals surface area contributed by atoms with Gasteiger partial charge in [0.05, 0.1) is 25.3 Å². The van der Waals surface area contributed by atoms with Crippen molar-refractivity contribution in [2.75, 3.05) is 19.5 Å². The molecular formula is C21H20N4O4. The zero-order chi connectivity index (χ0) is 20.6. The molecule has 2 N–H and O–H groups in total. The maximum absolute atomic E-state index is 12.6. The van der Waals surface area contributed by atoms with E-state index in [-0.39, 0.29) is 11.5 Å². The quantitative estimate of drug-likeness (QED) is 0.641. The van der Waals surface area contributed by atoms with E-state index in [9.17, 15) is 9.59 Å². The third-order valence-electron chi connectivity index (χ3n) is 4.11. The Kier molecular flexibility index (Phi) is 6.36. The first kappa shape index (κ1) is 19.8. The number of pyridine rings is 2. The summed E-state index contributed by atoms with van der Waals surface area (Å²) in [5, 5.41) is 5.55. The normalized spacial score (nSPS) is 10.1. The average molecular weight is 392 g/mol. The van der Waals surface area contributed by atoms with Crippen LogP contribution >= 0.6 is 0 Å². The molecule has 1 aromatic carbocycles. The van der Waals surface area contributed by atoms with Gasteiger partial charge in [-0.1, -0.05) is 0 Å². The van der Waals surface area contributed by atoms with E-state index in [1.165, 1.54) is 32.7 Å². The first-order chi connectivity index (χ1) is 14.1. The van der Waals surface area contributed by atoms with Crippen molar-refractivity contribution in [3.05, 3.63) is 77.9 Å². The number of ether oxygens (including phenoxy) is 2. The van der Waals surface area contributed by atoms with E-state index >= 15 is 0 Å². The van der Waals surface area contributed by atoms with Gasteiger partial charge >= 0.3 is 0 Å². The molecule has 2 heterocycles. The molecule has 2 aromatic heterocycles. The minimum absolute atomic E-state index is 0.261. The number of methoxy groups -OCH3 is 2. The molecule has 0 atom stereocenters. The van der Waals surface area contributed by atoms with Gasteiger partial charge in [-0.25, -0.2) is 0 Å². The molecule has 0 saturated heterocycles. The molecule has 8 nitrogen and oxygen atoms in total. The highest BCUT2D eigenvalue weighted by molar-refractivity contribution is 6.06. The maximum Gasteiger partial charge on any atom is 0.257 e. The Morgan fingerprint density at radius 2 is 1.55 bits per heavy atom. The summed E-state index contributed by atoms with van der Waals surface area (Å²) >= 11 is 0. The van der Waals surface area contributed by atoms with Gasteiger partial charge in [0.2, 0.25) is 0 Å². The smallest absolute Gasteiger partial charge is 0.257 e. The Hall–Kier alpha value is -3.94. The van der Waals surface area contributed by atoms with Crippen LogP contribution in [-0.2, 0) is 6.54 Å². The van der Waals surface area contributed by atoms with Crippen LogP contribution in [0.15, 0.2) is 61.2 Å². The number of amides is 2. The van der Waals surface area contributed by atoms with Gasteiger partial charge in [0.1, 0.15) is 0 Å². The van der Waals surface area contributed by atoms with Crippen LogP contribution in [0, 0.1) is 0 Å². The standard InChI is InChI=1S/C21H20N4O4/c1-28-18-4-3-17(10-19(18)29-2)25-21(27)16-9-15(12-23-13-16)20(26)24-11-14-5-7-22-8-6-14/h3-10,12-13H,11H2,1-2H3,(H,24,26)(H,25,27). The Bertz CT molecular complexity index is 1010. The highest BCUT2D eigenvalue weighted by atomic mass is 16.5. The highest BCUT2D eigenvalue weighted by Gasteiger charge is 2.13. The number of aromatic nitrogens is 2. The third kappa shape index (κ3) is 5.07. The van der Waals surface area contributed by atoms with Gasteiger partial charge in [0, 0.05) is 43.1 Å². The molecule has 0 bridgehead atoms. The number of rotatable bonds is 7. The lowest BCUT2D eigenvalue weighted by atomic mass is 10.1. The molecule has 0 spiro atoms. The molecular weight excluding hydrogens is 372 g/mol. The minimum Gasteiger partial charge on any atom is -0.493 e. The number of hydrogen-bond donors (Lipinski definition) is 2. The van der Waals surface area contributed by atoms with E-state index in [4.69, 9.17) is 9.47 Å². The van der Waals surface area contributed by atoms with Crippen molar-refractivity contribution in [2.45, 2.75) is 6.54 Å². The van der Waals surface area contributed by atoms with Crippen molar-refractivity contribution in [3.63, 3.8) is 0 Å². The summed E-state index contributed by atoms with van der Waals surface area (Å²) in [6.07, 6.45) is 6.12. The second-order valence-electron chi connectivity index (χ2n) is 6.02. The van der Waals surface area contributed by atoms with Crippen molar-refractivity contribution >= 4 is 17.5 Å². The summed E-state index contributed by atoms with van der Waals surface area (Å²) < 4.78 is 10.4. The largest absolute Gasteiger partial charge is 0.493 e. The summed E-state index contributed by atoms with van der Waals surface area (Å²) in [7, 11) is 3.05. The summed E-state index contributed by atoms with van der Waals surface area (Å²) in [6, 6.07) is 10.1. The Morgan fingerprint density at radius 1 is 0.862 bits per heavy atom. The third-order valence-corrected chi connectivity index (χ3v) is 4.11. The van der Waals surface area contributed by atoms with Gasteiger partial charge in [-0.15, -0.1) is 0 Å². The number of nitrogens with zero attached hydrogens (tertiary/aromatic N) is 2. The molecule has 0 aliphatic carbocycles. The van der Waals surface area contributed by atoms with Crippen LogP contribution in [0.25, 0.3) is 0 Å². The van der Waals surface area contributed by atoms with Gasteiger partial charge in [-0.2, -0.15) is 0 Å². The monoisotopic (exact) mass is 392 g/mol. The zero-order valence-corrected chi connectivity index (χ0v) is 16.0. The number of carbonyl (C=O) groups excluding carboxylic acids is 2. The van der Waals surface area contributed by atoms with E-state index in [0.29, 0.717) is 29.3 Å². The SMILES string of the molecule is COc1ccc(NC(=O)c2cncc(C(=O)NCc3ccncc3)c2)cc1OC. The molecule has 0 radical (unpaired) electrons. The predicted octanol–water partition coefficient (Wildman–Crippen LogP) is 2.68. The Labute approximate surface area is 167 Å². The van der Waals surface area contributed by atoms with Crippen molar-refractivity contribution in [1.29, 1.82) is 0 Å². The molecule has 3 rings (SSSR count). The highest BCUT2D eigenvalue weighted by Crippen LogP contribution is 2.29. The van der Waals surface area contributed by atoms with Crippen LogP contribution < -0.4 is 20.1 Å². The summed E-state index contributed by atoms with van der Waals surface area (Å²) in [6.45, 7) is 0.351. The lowest BCUT2D eigenvalue weighted by Crippen LogP contribution is -2.23. The fraction of sp³-hybridized carbons (Fsp3) is 0.143. The summed E-state index contributed by atoms with van der Waals surface area (Å²) in [4.78, 5) is 32.9.